The highest BCUT2D eigenvalue weighted by atomic mass is 16.5. The molecule has 1 aromatic carbocycles. The van der Waals surface area contributed by atoms with Crippen molar-refractivity contribution in [3.05, 3.63) is 40.8 Å². The van der Waals surface area contributed by atoms with Crippen molar-refractivity contribution in [3.63, 3.8) is 0 Å². The van der Waals surface area contributed by atoms with E-state index in [2.05, 4.69) is 34.4 Å². The molecule has 3 rings (SSSR count). The van der Waals surface area contributed by atoms with Gasteiger partial charge in [-0.1, -0.05) is 5.16 Å². The highest BCUT2D eigenvalue weighted by Crippen LogP contribution is 2.26. The van der Waals surface area contributed by atoms with Gasteiger partial charge in [-0.25, -0.2) is 0 Å². The second kappa shape index (κ2) is 7.07. The van der Waals surface area contributed by atoms with Crippen molar-refractivity contribution >= 4 is 17.3 Å². The number of anilines is 2. The number of hydrogen-bond acceptors (Lipinski definition) is 4. The summed E-state index contributed by atoms with van der Waals surface area (Å²) in [6.45, 7) is 8.15. The van der Waals surface area contributed by atoms with E-state index < -0.39 is 0 Å². The molecular weight excluding hydrogens is 302 g/mol. The summed E-state index contributed by atoms with van der Waals surface area (Å²) >= 11 is 0. The number of benzene rings is 1. The van der Waals surface area contributed by atoms with Gasteiger partial charge in [-0.05, 0) is 63.8 Å². The van der Waals surface area contributed by atoms with Gasteiger partial charge in [0.05, 0.1) is 5.69 Å². The van der Waals surface area contributed by atoms with Crippen LogP contribution in [0.4, 0.5) is 11.4 Å². The van der Waals surface area contributed by atoms with Gasteiger partial charge in [-0.3, -0.25) is 4.79 Å². The van der Waals surface area contributed by atoms with Gasteiger partial charge in [0.15, 0.2) is 0 Å². The molecule has 128 valence electrons. The van der Waals surface area contributed by atoms with Crippen LogP contribution < -0.4 is 10.2 Å². The first-order chi connectivity index (χ1) is 11.5. The van der Waals surface area contributed by atoms with Crippen molar-refractivity contribution in [3.8, 4) is 0 Å². The molecule has 5 heteroatoms. The van der Waals surface area contributed by atoms with E-state index in [4.69, 9.17) is 4.52 Å². The molecule has 1 amide bonds. The number of nitrogens with one attached hydrogen (secondary N) is 1. The summed E-state index contributed by atoms with van der Waals surface area (Å²) in [5, 5.41) is 6.92. The molecule has 1 aliphatic rings. The van der Waals surface area contributed by atoms with Crippen molar-refractivity contribution in [1.82, 2.24) is 5.16 Å². The fourth-order valence-corrected chi connectivity index (χ4v) is 3.37. The first kappa shape index (κ1) is 16.6. The number of amides is 1. The van der Waals surface area contributed by atoms with E-state index in [0.717, 1.165) is 35.8 Å². The highest BCUT2D eigenvalue weighted by Gasteiger charge is 2.15. The second-order valence-electron chi connectivity index (χ2n) is 6.55. The van der Waals surface area contributed by atoms with Gasteiger partial charge in [0.1, 0.15) is 5.76 Å². The van der Waals surface area contributed by atoms with E-state index in [9.17, 15) is 4.79 Å². The third-order valence-corrected chi connectivity index (χ3v) is 4.71. The minimum Gasteiger partial charge on any atom is -0.371 e. The normalized spacial score (nSPS) is 14.2. The Balaban J connectivity index is 1.59. The Hall–Kier alpha value is -2.30. The lowest BCUT2D eigenvalue weighted by Gasteiger charge is -2.20. The van der Waals surface area contributed by atoms with Crippen LogP contribution in [0.1, 0.15) is 41.8 Å². The Morgan fingerprint density at radius 1 is 1.25 bits per heavy atom. The zero-order valence-electron chi connectivity index (χ0n) is 14.7. The number of aromatic nitrogens is 1. The van der Waals surface area contributed by atoms with E-state index in [-0.39, 0.29) is 5.91 Å². The van der Waals surface area contributed by atoms with E-state index >= 15 is 0 Å². The maximum Gasteiger partial charge on any atom is 0.224 e. The molecule has 1 saturated heterocycles. The third kappa shape index (κ3) is 3.61. The first-order valence-corrected chi connectivity index (χ1v) is 8.62. The molecule has 1 fully saturated rings. The fraction of sp³-hybridized carbons (Fsp3) is 0.474. The number of nitrogens with zero attached hydrogens (tertiary/aromatic N) is 2. The predicted molar refractivity (Wildman–Crippen MR) is 95.6 cm³/mol. The molecule has 0 atom stereocenters. The number of hydrogen-bond donors (Lipinski definition) is 1. The van der Waals surface area contributed by atoms with Crippen LogP contribution in [0.5, 0.6) is 0 Å². The van der Waals surface area contributed by atoms with Gasteiger partial charge in [-0.2, -0.15) is 0 Å². The minimum absolute atomic E-state index is 0.0170. The van der Waals surface area contributed by atoms with Crippen LogP contribution in [0, 0.1) is 20.8 Å². The molecule has 0 spiro atoms. The average Bonchev–Trinajstić information content (AvgIpc) is 3.17. The lowest BCUT2D eigenvalue weighted by molar-refractivity contribution is -0.116. The van der Waals surface area contributed by atoms with Crippen molar-refractivity contribution in [2.45, 2.75) is 46.5 Å². The number of rotatable bonds is 5. The van der Waals surface area contributed by atoms with Crippen LogP contribution in [-0.2, 0) is 11.2 Å². The highest BCUT2D eigenvalue weighted by molar-refractivity contribution is 5.91. The van der Waals surface area contributed by atoms with Crippen molar-refractivity contribution in [2.24, 2.45) is 0 Å². The summed E-state index contributed by atoms with van der Waals surface area (Å²) < 4.78 is 5.14. The van der Waals surface area contributed by atoms with Crippen LogP contribution in [0.2, 0.25) is 0 Å². The predicted octanol–water partition coefficient (Wildman–Crippen LogP) is 3.77. The zero-order chi connectivity index (χ0) is 17.1. The monoisotopic (exact) mass is 327 g/mol. The Bertz CT molecular complexity index is 711. The van der Waals surface area contributed by atoms with E-state index in [1.807, 2.05) is 19.9 Å². The Labute approximate surface area is 143 Å². The lowest BCUT2D eigenvalue weighted by Crippen LogP contribution is -2.19. The summed E-state index contributed by atoms with van der Waals surface area (Å²) in [4.78, 5) is 14.6. The van der Waals surface area contributed by atoms with Gasteiger partial charge in [0.25, 0.3) is 0 Å². The molecule has 2 aromatic rings. The van der Waals surface area contributed by atoms with Crippen molar-refractivity contribution in [2.75, 3.05) is 23.3 Å². The maximum absolute atomic E-state index is 12.2. The largest absolute Gasteiger partial charge is 0.371 e. The molecule has 2 heterocycles. The molecular formula is C19H25N3O2. The summed E-state index contributed by atoms with van der Waals surface area (Å²) in [6, 6.07) is 6.17. The molecule has 1 aromatic heterocycles. The van der Waals surface area contributed by atoms with Crippen LogP contribution in [0.15, 0.2) is 22.7 Å². The lowest BCUT2D eigenvalue weighted by atomic mass is 10.1. The molecule has 1 N–H and O–H groups in total. The summed E-state index contributed by atoms with van der Waals surface area (Å²) in [5.74, 6) is 0.814. The third-order valence-electron chi connectivity index (χ3n) is 4.71. The molecule has 5 nitrogen and oxygen atoms in total. The van der Waals surface area contributed by atoms with Crippen LogP contribution in [0.25, 0.3) is 0 Å². The quantitative estimate of drug-likeness (QED) is 0.908. The van der Waals surface area contributed by atoms with Gasteiger partial charge >= 0.3 is 0 Å². The minimum atomic E-state index is 0.0170. The molecule has 24 heavy (non-hydrogen) atoms. The maximum atomic E-state index is 12.2. The van der Waals surface area contributed by atoms with Gasteiger partial charge < -0.3 is 14.7 Å². The smallest absolute Gasteiger partial charge is 0.224 e. The van der Waals surface area contributed by atoms with E-state index in [1.54, 1.807) is 0 Å². The molecule has 0 bridgehead atoms. The topological polar surface area (TPSA) is 58.4 Å². The van der Waals surface area contributed by atoms with Crippen LogP contribution in [-0.4, -0.2) is 24.2 Å². The van der Waals surface area contributed by atoms with E-state index in [0.29, 0.717) is 12.8 Å². The Morgan fingerprint density at radius 3 is 2.62 bits per heavy atom. The number of carbonyl (C=O) groups is 1. The Morgan fingerprint density at radius 2 is 2.00 bits per heavy atom. The van der Waals surface area contributed by atoms with Gasteiger partial charge in [0, 0.05) is 36.4 Å². The van der Waals surface area contributed by atoms with Crippen LogP contribution in [0.3, 0.4) is 0 Å². The molecule has 0 saturated carbocycles. The van der Waals surface area contributed by atoms with E-state index in [1.165, 1.54) is 24.1 Å². The van der Waals surface area contributed by atoms with Crippen molar-refractivity contribution < 1.29 is 9.32 Å². The van der Waals surface area contributed by atoms with Gasteiger partial charge in [0.2, 0.25) is 5.91 Å². The van der Waals surface area contributed by atoms with Crippen molar-refractivity contribution in [1.29, 1.82) is 0 Å². The molecule has 0 radical (unpaired) electrons. The summed E-state index contributed by atoms with van der Waals surface area (Å²) in [7, 11) is 0. The first-order valence-electron chi connectivity index (χ1n) is 8.62. The molecule has 0 aliphatic carbocycles. The standard InChI is InChI=1S/C19H25N3O2/c1-13-12-16(6-8-18(13)22-10-4-5-11-22)20-19(23)9-7-17-14(2)21-24-15(17)3/h6,8,12H,4-5,7,9-11H2,1-3H3,(H,20,23). The number of carbonyl (C=O) groups excluding carboxylic acids is 1. The SMILES string of the molecule is Cc1cc(NC(=O)CCc2c(C)noc2C)ccc1N1CCCC1. The van der Waals surface area contributed by atoms with Crippen LogP contribution >= 0.6 is 0 Å². The zero-order valence-corrected chi connectivity index (χ0v) is 14.7. The fourth-order valence-electron chi connectivity index (χ4n) is 3.37. The molecule has 1 aliphatic heterocycles. The number of aryl methyl sites for hydroxylation is 3. The second-order valence-corrected chi connectivity index (χ2v) is 6.55. The Kier molecular flexibility index (Phi) is 4.88. The van der Waals surface area contributed by atoms with Gasteiger partial charge in [-0.15, -0.1) is 0 Å². The summed E-state index contributed by atoms with van der Waals surface area (Å²) in [5.41, 5.74) is 5.25. The average molecular weight is 327 g/mol. The summed E-state index contributed by atoms with van der Waals surface area (Å²) in [6.07, 6.45) is 3.60. The molecule has 0 unspecified atom stereocenters.